The lowest BCUT2D eigenvalue weighted by Gasteiger charge is -2.11. The van der Waals surface area contributed by atoms with Gasteiger partial charge in [0.2, 0.25) is 0 Å². The molecule has 0 unspecified atom stereocenters. The first kappa shape index (κ1) is 18.7. The van der Waals surface area contributed by atoms with E-state index in [-0.39, 0.29) is 16.1 Å². The summed E-state index contributed by atoms with van der Waals surface area (Å²) in [4.78, 5) is 11.3. The van der Waals surface area contributed by atoms with Gasteiger partial charge in [0.25, 0.3) is 10.0 Å². The van der Waals surface area contributed by atoms with Crippen LogP contribution < -0.4 is 9.46 Å². The molecule has 0 saturated carbocycles. The maximum absolute atomic E-state index is 12.7. The van der Waals surface area contributed by atoms with Gasteiger partial charge in [-0.3, -0.25) is 4.72 Å². The molecule has 2 N–H and O–H groups in total. The van der Waals surface area contributed by atoms with Gasteiger partial charge in [-0.15, -0.1) is 0 Å². The van der Waals surface area contributed by atoms with Gasteiger partial charge in [0.15, 0.2) is 0 Å². The van der Waals surface area contributed by atoms with Crippen molar-refractivity contribution in [3.8, 4) is 5.75 Å². The number of anilines is 1. The van der Waals surface area contributed by atoms with Crippen molar-refractivity contribution < 1.29 is 23.1 Å². The molecule has 27 heavy (non-hydrogen) atoms. The van der Waals surface area contributed by atoms with E-state index in [0.29, 0.717) is 6.61 Å². The Labute approximate surface area is 157 Å². The number of sulfonamides is 1. The van der Waals surface area contributed by atoms with Crippen molar-refractivity contribution in [2.75, 3.05) is 11.3 Å². The fourth-order valence-electron chi connectivity index (χ4n) is 2.64. The first-order valence-corrected chi connectivity index (χ1v) is 9.91. The van der Waals surface area contributed by atoms with Crippen LogP contribution in [0.1, 0.15) is 23.7 Å². The Kier molecular flexibility index (Phi) is 5.32. The van der Waals surface area contributed by atoms with Crippen molar-refractivity contribution in [1.29, 1.82) is 0 Å². The normalized spacial score (nSPS) is 11.3. The average molecular weight is 385 g/mol. The summed E-state index contributed by atoms with van der Waals surface area (Å²) >= 11 is 0. The lowest BCUT2D eigenvalue weighted by Crippen LogP contribution is -2.15. The number of nitrogens with one attached hydrogen (secondary N) is 1. The number of carboxylic acid groups (broad SMARTS) is 1. The number of carboxylic acids is 1. The van der Waals surface area contributed by atoms with Crippen LogP contribution in [0.2, 0.25) is 0 Å². The Bertz CT molecular complexity index is 1090. The second kappa shape index (κ2) is 7.67. The van der Waals surface area contributed by atoms with Crippen molar-refractivity contribution in [1.82, 2.24) is 0 Å². The van der Waals surface area contributed by atoms with Gasteiger partial charge >= 0.3 is 5.97 Å². The first-order valence-electron chi connectivity index (χ1n) is 8.42. The third-order valence-electron chi connectivity index (χ3n) is 3.97. The summed E-state index contributed by atoms with van der Waals surface area (Å²) in [5, 5.41) is 10.8. The third kappa shape index (κ3) is 4.20. The highest BCUT2D eigenvalue weighted by Crippen LogP contribution is 2.26. The molecule has 0 aliphatic carbocycles. The number of aromatic carboxylic acids is 1. The van der Waals surface area contributed by atoms with Crippen molar-refractivity contribution in [3.63, 3.8) is 0 Å². The highest BCUT2D eigenvalue weighted by Gasteiger charge is 2.18. The van der Waals surface area contributed by atoms with Gasteiger partial charge in [-0.1, -0.05) is 31.2 Å². The molecule has 0 bridgehead atoms. The molecule has 3 aromatic carbocycles. The van der Waals surface area contributed by atoms with Gasteiger partial charge in [-0.05, 0) is 53.6 Å². The number of hydrogen-bond acceptors (Lipinski definition) is 4. The zero-order chi connectivity index (χ0) is 19.4. The van der Waals surface area contributed by atoms with Gasteiger partial charge in [-0.25, -0.2) is 13.2 Å². The summed E-state index contributed by atoms with van der Waals surface area (Å²) in [6.07, 6.45) is 0.901. The van der Waals surface area contributed by atoms with E-state index in [0.717, 1.165) is 22.9 Å². The molecular weight excluding hydrogens is 366 g/mol. The smallest absolute Gasteiger partial charge is 0.337 e. The van der Waals surface area contributed by atoms with E-state index < -0.39 is 16.0 Å². The zero-order valence-corrected chi connectivity index (χ0v) is 15.5. The fourth-order valence-corrected chi connectivity index (χ4v) is 3.76. The van der Waals surface area contributed by atoms with Gasteiger partial charge in [0.05, 0.1) is 22.8 Å². The van der Waals surface area contributed by atoms with Crippen molar-refractivity contribution in [2.45, 2.75) is 18.2 Å². The second-order valence-corrected chi connectivity index (χ2v) is 7.66. The molecular formula is C20H19NO5S. The lowest BCUT2D eigenvalue weighted by molar-refractivity contribution is 0.0698. The van der Waals surface area contributed by atoms with Crippen LogP contribution in [0.15, 0.2) is 65.6 Å². The number of carbonyl (C=O) groups is 1. The lowest BCUT2D eigenvalue weighted by atomic mass is 10.1. The Balaban J connectivity index is 1.93. The minimum absolute atomic E-state index is 0.0217. The van der Waals surface area contributed by atoms with E-state index in [2.05, 4.69) is 4.72 Å². The number of fused-ring (bicyclic) bond motifs is 1. The highest BCUT2D eigenvalue weighted by atomic mass is 32.2. The minimum atomic E-state index is -3.93. The minimum Gasteiger partial charge on any atom is -0.494 e. The highest BCUT2D eigenvalue weighted by molar-refractivity contribution is 7.92. The molecule has 6 nitrogen and oxygen atoms in total. The zero-order valence-electron chi connectivity index (χ0n) is 14.7. The molecule has 0 heterocycles. The van der Waals surface area contributed by atoms with Crippen LogP contribution in [-0.2, 0) is 10.0 Å². The SMILES string of the molecule is CCCOc1ccc2cc(S(=O)(=O)Nc3ccccc3C(=O)O)ccc2c1. The summed E-state index contributed by atoms with van der Waals surface area (Å²) in [7, 11) is -3.93. The monoisotopic (exact) mass is 385 g/mol. The van der Waals surface area contributed by atoms with Crippen molar-refractivity contribution >= 4 is 32.5 Å². The van der Waals surface area contributed by atoms with Crippen LogP contribution in [0.5, 0.6) is 5.75 Å². The topological polar surface area (TPSA) is 92.7 Å². The first-order chi connectivity index (χ1) is 12.9. The second-order valence-electron chi connectivity index (χ2n) is 5.98. The Morgan fingerprint density at radius 1 is 1.04 bits per heavy atom. The number of benzene rings is 3. The third-order valence-corrected chi connectivity index (χ3v) is 5.33. The number of rotatable bonds is 7. The molecule has 0 aliphatic heterocycles. The van der Waals surface area contributed by atoms with Crippen LogP contribution in [0.3, 0.4) is 0 Å². The quantitative estimate of drug-likeness (QED) is 0.638. The van der Waals surface area contributed by atoms with Crippen LogP contribution in [0.4, 0.5) is 5.69 Å². The van der Waals surface area contributed by atoms with Crippen LogP contribution in [0, 0.1) is 0 Å². The number of ether oxygens (including phenoxy) is 1. The Morgan fingerprint density at radius 3 is 2.48 bits per heavy atom. The largest absolute Gasteiger partial charge is 0.494 e. The predicted molar refractivity (Wildman–Crippen MR) is 104 cm³/mol. The summed E-state index contributed by atoms with van der Waals surface area (Å²) in [6, 6.07) is 16.0. The molecule has 7 heteroatoms. The van der Waals surface area contributed by atoms with Crippen molar-refractivity contribution in [3.05, 3.63) is 66.2 Å². The maximum Gasteiger partial charge on any atom is 0.337 e. The standard InChI is InChI=1S/C20H19NO5S/c1-2-11-26-16-9-7-15-13-17(10-8-14(15)12-16)27(24,25)21-19-6-4-3-5-18(19)20(22)23/h3-10,12-13,21H,2,11H2,1H3,(H,22,23). The van der Waals surface area contributed by atoms with Gasteiger partial charge in [-0.2, -0.15) is 0 Å². The van der Waals surface area contributed by atoms with Gasteiger partial charge in [0.1, 0.15) is 5.75 Å². The van der Waals surface area contributed by atoms with E-state index >= 15 is 0 Å². The maximum atomic E-state index is 12.7. The molecule has 0 spiro atoms. The summed E-state index contributed by atoms with van der Waals surface area (Å²) < 4.78 is 33.3. The Hall–Kier alpha value is -3.06. The molecule has 140 valence electrons. The summed E-state index contributed by atoms with van der Waals surface area (Å²) in [5.74, 6) is -0.472. The van der Waals surface area contributed by atoms with Crippen LogP contribution in [-0.4, -0.2) is 26.1 Å². The molecule has 0 fully saturated rings. The number of para-hydroxylation sites is 1. The predicted octanol–water partition coefficient (Wildman–Crippen LogP) is 4.13. The average Bonchev–Trinajstić information content (AvgIpc) is 2.65. The molecule has 0 atom stereocenters. The molecule has 3 rings (SSSR count). The Morgan fingerprint density at radius 2 is 1.74 bits per heavy atom. The molecule has 0 saturated heterocycles. The van der Waals surface area contributed by atoms with Gasteiger partial charge < -0.3 is 9.84 Å². The molecule has 0 amide bonds. The molecule has 0 aliphatic rings. The number of hydrogen-bond donors (Lipinski definition) is 2. The van der Waals surface area contributed by atoms with Crippen molar-refractivity contribution in [2.24, 2.45) is 0 Å². The van der Waals surface area contributed by atoms with Crippen LogP contribution >= 0.6 is 0 Å². The van der Waals surface area contributed by atoms with Crippen LogP contribution in [0.25, 0.3) is 10.8 Å². The van der Waals surface area contributed by atoms with E-state index in [1.54, 1.807) is 30.3 Å². The molecule has 0 radical (unpaired) electrons. The fraction of sp³-hybridized carbons (Fsp3) is 0.150. The van der Waals surface area contributed by atoms with E-state index in [1.807, 2.05) is 13.0 Å². The van der Waals surface area contributed by atoms with E-state index in [9.17, 15) is 18.3 Å². The van der Waals surface area contributed by atoms with E-state index in [1.165, 1.54) is 24.3 Å². The van der Waals surface area contributed by atoms with Gasteiger partial charge in [0, 0.05) is 0 Å². The molecule has 0 aromatic heterocycles. The molecule has 3 aromatic rings. The summed E-state index contributed by atoms with van der Waals surface area (Å²) in [6.45, 7) is 2.64. The van der Waals surface area contributed by atoms with E-state index in [4.69, 9.17) is 4.74 Å². The summed E-state index contributed by atoms with van der Waals surface area (Å²) in [5.41, 5.74) is -0.0898.